The van der Waals surface area contributed by atoms with Gasteiger partial charge in [0.2, 0.25) is 0 Å². The highest BCUT2D eigenvalue weighted by Crippen LogP contribution is 2.32. The third-order valence-electron chi connectivity index (χ3n) is 6.35. The van der Waals surface area contributed by atoms with Crippen molar-refractivity contribution < 1.29 is 4.74 Å². The first-order chi connectivity index (χ1) is 10.2. The Morgan fingerprint density at radius 1 is 1.14 bits per heavy atom. The molecule has 0 amide bonds. The standard InChI is InChI=1S/C18H34N2O/c1-3-18(2)14-19-17(15-8-5-4-6-9-15)13-20(18)12-16-10-7-11-21-16/h15-17,19H,3-14H2,1-2H3. The molecule has 2 heterocycles. The number of ether oxygens (including phenoxy) is 1. The molecule has 3 rings (SSSR count). The minimum absolute atomic E-state index is 0.317. The summed E-state index contributed by atoms with van der Waals surface area (Å²) < 4.78 is 5.91. The second kappa shape index (κ2) is 6.97. The third kappa shape index (κ3) is 3.62. The maximum absolute atomic E-state index is 5.91. The van der Waals surface area contributed by atoms with Crippen molar-refractivity contribution >= 4 is 0 Å². The van der Waals surface area contributed by atoms with Crippen molar-refractivity contribution in [3.63, 3.8) is 0 Å². The molecule has 1 aliphatic carbocycles. The molecule has 21 heavy (non-hydrogen) atoms. The van der Waals surface area contributed by atoms with Crippen LogP contribution in [-0.4, -0.2) is 48.8 Å². The summed E-state index contributed by atoms with van der Waals surface area (Å²) in [5.74, 6) is 0.909. The summed E-state index contributed by atoms with van der Waals surface area (Å²) in [6, 6.07) is 0.714. The Labute approximate surface area is 130 Å². The highest BCUT2D eigenvalue weighted by molar-refractivity contribution is 4.98. The Kier molecular flexibility index (Phi) is 5.23. The predicted octanol–water partition coefficient (Wildman–Crippen LogP) is 3.19. The van der Waals surface area contributed by atoms with E-state index in [1.54, 1.807) is 0 Å². The fourth-order valence-electron chi connectivity index (χ4n) is 4.52. The molecule has 2 aliphatic heterocycles. The van der Waals surface area contributed by atoms with Crippen molar-refractivity contribution in [1.29, 1.82) is 0 Å². The SMILES string of the molecule is CCC1(C)CNC(C2CCCCC2)CN1CC1CCCO1. The Morgan fingerprint density at radius 2 is 1.95 bits per heavy atom. The number of nitrogens with zero attached hydrogens (tertiary/aromatic N) is 1. The van der Waals surface area contributed by atoms with E-state index in [9.17, 15) is 0 Å². The van der Waals surface area contributed by atoms with E-state index < -0.39 is 0 Å². The minimum Gasteiger partial charge on any atom is -0.377 e. The molecule has 0 aromatic carbocycles. The average Bonchev–Trinajstić information content (AvgIpc) is 3.03. The van der Waals surface area contributed by atoms with Crippen LogP contribution in [0.5, 0.6) is 0 Å². The molecule has 0 aromatic heterocycles. The van der Waals surface area contributed by atoms with Gasteiger partial charge in [0.15, 0.2) is 0 Å². The van der Waals surface area contributed by atoms with Gasteiger partial charge in [0, 0.05) is 37.8 Å². The summed E-state index contributed by atoms with van der Waals surface area (Å²) in [6.45, 7) is 9.28. The third-order valence-corrected chi connectivity index (χ3v) is 6.35. The minimum atomic E-state index is 0.317. The van der Waals surface area contributed by atoms with Gasteiger partial charge in [0.25, 0.3) is 0 Å². The topological polar surface area (TPSA) is 24.5 Å². The number of hydrogen-bond acceptors (Lipinski definition) is 3. The summed E-state index contributed by atoms with van der Waals surface area (Å²) in [5.41, 5.74) is 0.317. The average molecular weight is 294 g/mol. The van der Waals surface area contributed by atoms with Gasteiger partial charge in [-0.3, -0.25) is 4.90 Å². The van der Waals surface area contributed by atoms with Gasteiger partial charge in [0.1, 0.15) is 0 Å². The second-order valence-corrected chi connectivity index (χ2v) is 7.78. The van der Waals surface area contributed by atoms with Crippen molar-refractivity contribution in [1.82, 2.24) is 10.2 Å². The van der Waals surface area contributed by atoms with E-state index in [1.807, 2.05) is 0 Å². The van der Waals surface area contributed by atoms with Crippen molar-refractivity contribution in [2.45, 2.75) is 82.9 Å². The lowest BCUT2D eigenvalue weighted by Crippen LogP contribution is -2.65. The van der Waals surface area contributed by atoms with Gasteiger partial charge in [-0.15, -0.1) is 0 Å². The molecular formula is C18H34N2O. The van der Waals surface area contributed by atoms with E-state index >= 15 is 0 Å². The van der Waals surface area contributed by atoms with Crippen LogP contribution in [0.15, 0.2) is 0 Å². The highest BCUT2D eigenvalue weighted by atomic mass is 16.5. The maximum Gasteiger partial charge on any atom is 0.0703 e. The van der Waals surface area contributed by atoms with E-state index in [0.717, 1.165) is 25.6 Å². The fourth-order valence-corrected chi connectivity index (χ4v) is 4.52. The lowest BCUT2D eigenvalue weighted by molar-refractivity contribution is -0.0121. The molecule has 1 saturated carbocycles. The van der Waals surface area contributed by atoms with Crippen LogP contribution in [-0.2, 0) is 4.74 Å². The Morgan fingerprint density at radius 3 is 2.62 bits per heavy atom. The summed E-state index contributed by atoms with van der Waals surface area (Å²) in [6.07, 6.45) is 11.5. The van der Waals surface area contributed by atoms with Gasteiger partial charge >= 0.3 is 0 Å². The van der Waals surface area contributed by atoms with E-state index in [1.165, 1.54) is 57.9 Å². The smallest absolute Gasteiger partial charge is 0.0703 e. The monoisotopic (exact) mass is 294 g/mol. The lowest BCUT2D eigenvalue weighted by atomic mass is 9.80. The van der Waals surface area contributed by atoms with Gasteiger partial charge in [-0.25, -0.2) is 0 Å². The molecule has 3 heteroatoms. The highest BCUT2D eigenvalue weighted by Gasteiger charge is 2.40. The van der Waals surface area contributed by atoms with Crippen molar-refractivity contribution in [3.8, 4) is 0 Å². The van der Waals surface area contributed by atoms with Crippen LogP contribution >= 0.6 is 0 Å². The normalized spacial score (nSPS) is 39.7. The van der Waals surface area contributed by atoms with Crippen molar-refractivity contribution in [2.75, 3.05) is 26.2 Å². The molecule has 1 N–H and O–H groups in total. The van der Waals surface area contributed by atoms with Crippen LogP contribution < -0.4 is 5.32 Å². The van der Waals surface area contributed by atoms with E-state index in [0.29, 0.717) is 17.7 Å². The van der Waals surface area contributed by atoms with E-state index in [-0.39, 0.29) is 0 Å². The Bertz CT molecular complexity index is 323. The number of piperazine rings is 1. The molecule has 0 spiro atoms. The molecular weight excluding hydrogens is 260 g/mol. The molecule has 0 aromatic rings. The van der Waals surface area contributed by atoms with Crippen LogP contribution in [0.1, 0.15) is 65.2 Å². The van der Waals surface area contributed by atoms with Crippen molar-refractivity contribution in [3.05, 3.63) is 0 Å². The number of hydrogen-bond donors (Lipinski definition) is 1. The Balaban J connectivity index is 1.63. The summed E-state index contributed by atoms with van der Waals surface area (Å²) in [4.78, 5) is 2.76. The summed E-state index contributed by atoms with van der Waals surface area (Å²) in [7, 11) is 0. The predicted molar refractivity (Wildman–Crippen MR) is 87.6 cm³/mol. The van der Waals surface area contributed by atoms with Crippen molar-refractivity contribution in [2.24, 2.45) is 5.92 Å². The number of nitrogens with one attached hydrogen (secondary N) is 1. The zero-order valence-corrected chi connectivity index (χ0v) is 14.1. The number of rotatable bonds is 4. The molecule has 122 valence electrons. The van der Waals surface area contributed by atoms with Gasteiger partial charge in [-0.2, -0.15) is 0 Å². The molecule has 0 radical (unpaired) electrons. The van der Waals surface area contributed by atoms with E-state index in [2.05, 4.69) is 24.1 Å². The summed E-state index contributed by atoms with van der Waals surface area (Å²) in [5, 5.41) is 3.90. The van der Waals surface area contributed by atoms with Crippen LogP contribution in [0.3, 0.4) is 0 Å². The zero-order chi connectivity index (χ0) is 14.7. The van der Waals surface area contributed by atoms with Gasteiger partial charge in [0.05, 0.1) is 6.10 Å². The quantitative estimate of drug-likeness (QED) is 0.862. The molecule has 3 nitrogen and oxygen atoms in total. The van der Waals surface area contributed by atoms with Crippen LogP contribution in [0.4, 0.5) is 0 Å². The second-order valence-electron chi connectivity index (χ2n) is 7.78. The fraction of sp³-hybridized carbons (Fsp3) is 1.00. The zero-order valence-electron chi connectivity index (χ0n) is 14.1. The molecule has 3 unspecified atom stereocenters. The van der Waals surface area contributed by atoms with Crippen LogP contribution in [0, 0.1) is 5.92 Å². The molecule has 3 atom stereocenters. The molecule has 2 saturated heterocycles. The van der Waals surface area contributed by atoms with Crippen LogP contribution in [0.25, 0.3) is 0 Å². The summed E-state index contributed by atoms with van der Waals surface area (Å²) >= 11 is 0. The first-order valence-corrected chi connectivity index (χ1v) is 9.31. The van der Waals surface area contributed by atoms with Gasteiger partial charge in [-0.1, -0.05) is 26.2 Å². The first-order valence-electron chi connectivity index (χ1n) is 9.31. The van der Waals surface area contributed by atoms with E-state index in [4.69, 9.17) is 4.74 Å². The largest absolute Gasteiger partial charge is 0.377 e. The first kappa shape index (κ1) is 15.8. The molecule has 3 aliphatic rings. The van der Waals surface area contributed by atoms with Gasteiger partial charge in [-0.05, 0) is 44.9 Å². The molecule has 0 bridgehead atoms. The Hall–Kier alpha value is -0.120. The van der Waals surface area contributed by atoms with Gasteiger partial charge < -0.3 is 10.1 Å². The molecule has 3 fully saturated rings. The lowest BCUT2D eigenvalue weighted by Gasteiger charge is -2.50. The maximum atomic E-state index is 5.91. The van der Waals surface area contributed by atoms with Crippen LogP contribution in [0.2, 0.25) is 0 Å².